The van der Waals surface area contributed by atoms with Gasteiger partial charge in [0.2, 0.25) is 0 Å². The molecule has 0 amide bonds. The Morgan fingerprint density at radius 1 is 1.05 bits per heavy atom. The molecule has 0 spiro atoms. The van der Waals surface area contributed by atoms with Gasteiger partial charge in [-0.25, -0.2) is 0 Å². The van der Waals surface area contributed by atoms with Crippen LogP contribution in [0.3, 0.4) is 0 Å². The van der Waals surface area contributed by atoms with E-state index in [1.165, 1.54) is 12.1 Å². The molecule has 0 aliphatic carbocycles. The lowest BCUT2D eigenvalue weighted by Crippen LogP contribution is -2.45. The predicted molar refractivity (Wildman–Crippen MR) is 63.6 cm³/mol. The largest absolute Gasteiger partial charge is 0.402 e. The Kier molecular flexibility index (Phi) is 4.97. The Bertz CT molecular complexity index is 454. The molecule has 0 heterocycles. The van der Waals surface area contributed by atoms with Crippen LogP contribution in [-0.2, 0) is 0 Å². The maximum atomic E-state index is 12.7. The predicted octanol–water partition coefficient (Wildman–Crippen LogP) is 4.65. The van der Waals surface area contributed by atoms with Crippen LogP contribution in [0.25, 0.3) is 0 Å². The number of halogens is 7. The van der Waals surface area contributed by atoms with Gasteiger partial charge in [-0.2, -0.15) is 26.3 Å². The first-order valence-electron chi connectivity index (χ1n) is 5.55. The first-order chi connectivity index (χ1) is 8.98. The van der Waals surface area contributed by atoms with Crippen LogP contribution in [0.4, 0.5) is 26.3 Å². The molecule has 0 bridgehead atoms. The van der Waals surface area contributed by atoms with Crippen LogP contribution in [0.5, 0.6) is 0 Å². The van der Waals surface area contributed by atoms with Gasteiger partial charge in [-0.3, -0.25) is 0 Å². The Morgan fingerprint density at radius 3 is 1.90 bits per heavy atom. The fraction of sp³-hybridized carbons (Fsp3) is 0.500. The lowest BCUT2D eigenvalue weighted by atomic mass is 9.91. The average molecular weight is 320 g/mol. The van der Waals surface area contributed by atoms with Crippen molar-refractivity contribution in [3.8, 4) is 0 Å². The molecule has 1 N–H and O–H groups in total. The fourth-order valence-corrected chi connectivity index (χ4v) is 2.08. The van der Waals surface area contributed by atoms with E-state index in [4.69, 9.17) is 11.6 Å². The molecule has 0 radical (unpaired) electrons. The molecule has 1 atom stereocenters. The first-order valence-corrected chi connectivity index (χ1v) is 5.93. The molecule has 1 aromatic carbocycles. The molecule has 1 aromatic rings. The van der Waals surface area contributed by atoms with Crippen LogP contribution in [0.15, 0.2) is 18.2 Å². The van der Waals surface area contributed by atoms with Crippen molar-refractivity contribution in [1.29, 1.82) is 0 Å². The third-order valence-corrected chi connectivity index (χ3v) is 3.31. The molecule has 114 valence electrons. The van der Waals surface area contributed by atoms with E-state index < -0.39 is 24.3 Å². The number of nitrogens with one attached hydrogen (secondary N) is 1. The van der Waals surface area contributed by atoms with Crippen LogP contribution >= 0.6 is 11.6 Å². The number of benzene rings is 1. The Hall–Kier alpha value is -0.950. The number of alkyl halides is 6. The van der Waals surface area contributed by atoms with Gasteiger partial charge in [0.1, 0.15) is 0 Å². The summed E-state index contributed by atoms with van der Waals surface area (Å²) in [6.45, 7) is 1.60. The molecular weight excluding hydrogens is 308 g/mol. The summed E-state index contributed by atoms with van der Waals surface area (Å²) in [5.74, 6) is -3.50. The van der Waals surface area contributed by atoms with Crippen LogP contribution < -0.4 is 5.32 Å². The van der Waals surface area contributed by atoms with Crippen LogP contribution in [0.2, 0.25) is 5.02 Å². The highest BCUT2D eigenvalue weighted by atomic mass is 35.5. The molecule has 0 saturated heterocycles. The first kappa shape index (κ1) is 17.1. The lowest BCUT2D eigenvalue weighted by Gasteiger charge is -2.31. The third kappa shape index (κ3) is 3.79. The fourth-order valence-electron chi connectivity index (χ4n) is 1.89. The van der Waals surface area contributed by atoms with Crippen molar-refractivity contribution in [3.63, 3.8) is 0 Å². The molecule has 0 aromatic heterocycles. The van der Waals surface area contributed by atoms with Crippen molar-refractivity contribution in [3.05, 3.63) is 34.3 Å². The molecule has 20 heavy (non-hydrogen) atoms. The van der Waals surface area contributed by atoms with Gasteiger partial charge in [-0.05, 0) is 31.2 Å². The highest BCUT2D eigenvalue weighted by Gasteiger charge is 2.60. The minimum atomic E-state index is -5.41. The number of rotatable bonds is 3. The van der Waals surface area contributed by atoms with E-state index in [9.17, 15) is 26.3 Å². The van der Waals surface area contributed by atoms with E-state index >= 15 is 0 Å². The van der Waals surface area contributed by atoms with Crippen molar-refractivity contribution in [1.82, 2.24) is 5.32 Å². The molecule has 1 rings (SSSR count). The van der Waals surface area contributed by atoms with E-state index in [1.807, 2.05) is 0 Å². The zero-order valence-corrected chi connectivity index (χ0v) is 11.3. The molecule has 1 nitrogen and oxygen atoms in total. The van der Waals surface area contributed by atoms with E-state index in [-0.39, 0.29) is 10.6 Å². The average Bonchev–Trinajstić information content (AvgIpc) is 2.26. The standard InChI is InChI=1S/C12H12ClF6N/c1-6-3-4-7(5-8(6)13)9(20-2)10(11(14,15)16)12(17,18)19/h3-5,9-10,20H,1-2H3. The van der Waals surface area contributed by atoms with Gasteiger partial charge in [-0.15, -0.1) is 0 Å². The van der Waals surface area contributed by atoms with Gasteiger partial charge in [0.15, 0.2) is 5.92 Å². The highest BCUT2D eigenvalue weighted by Crippen LogP contribution is 2.46. The number of aryl methyl sites for hydroxylation is 1. The van der Waals surface area contributed by atoms with Crippen LogP contribution in [0.1, 0.15) is 17.2 Å². The van der Waals surface area contributed by atoms with Gasteiger partial charge in [0.05, 0.1) is 6.04 Å². The van der Waals surface area contributed by atoms with Crippen molar-refractivity contribution in [2.75, 3.05) is 7.05 Å². The number of hydrogen-bond acceptors (Lipinski definition) is 1. The summed E-state index contributed by atoms with van der Waals surface area (Å²) in [4.78, 5) is 0. The van der Waals surface area contributed by atoms with Crippen molar-refractivity contribution < 1.29 is 26.3 Å². The van der Waals surface area contributed by atoms with Gasteiger partial charge in [0.25, 0.3) is 0 Å². The summed E-state index contributed by atoms with van der Waals surface area (Å²) in [6, 6.07) is 1.74. The summed E-state index contributed by atoms with van der Waals surface area (Å²) < 4.78 is 76.4. The lowest BCUT2D eigenvalue weighted by molar-refractivity contribution is -0.292. The smallest absolute Gasteiger partial charge is 0.312 e. The topological polar surface area (TPSA) is 12.0 Å². The minimum absolute atomic E-state index is 0.117. The van der Waals surface area contributed by atoms with E-state index in [0.717, 1.165) is 13.1 Å². The van der Waals surface area contributed by atoms with Gasteiger partial charge >= 0.3 is 12.4 Å². The van der Waals surface area contributed by atoms with E-state index in [2.05, 4.69) is 5.32 Å². The molecule has 0 aliphatic rings. The SMILES string of the molecule is CNC(c1ccc(C)c(Cl)c1)C(C(F)(F)F)C(F)(F)F. The zero-order valence-electron chi connectivity index (χ0n) is 10.5. The quantitative estimate of drug-likeness (QED) is 0.800. The Labute approximate surface area is 116 Å². The normalized spacial score (nSPS) is 14.7. The molecular formula is C12H12ClF6N. The van der Waals surface area contributed by atoms with Gasteiger partial charge < -0.3 is 5.32 Å². The van der Waals surface area contributed by atoms with Crippen LogP contribution in [-0.4, -0.2) is 19.4 Å². The summed E-state index contributed by atoms with van der Waals surface area (Å²) in [5.41, 5.74) is 0.406. The van der Waals surface area contributed by atoms with Gasteiger partial charge in [0, 0.05) is 5.02 Å². The maximum Gasteiger partial charge on any atom is 0.402 e. The van der Waals surface area contributed by atoms with E-state index in [1.54, 1.807) is 6.92 Å². The zero-order chi connectivity index (χ0) is 15.7. The molecule has 0 saturated carbocycles. The second-order valence-electron chi connectivity index (χ2n) is 4.34. The Morgan fingerprint density at radius 2 is 1.55 bits per heavy atom. The molecule has 0 aliphatic heterocycles. The van der Waals surface area contributed by atoms with Gasteiger partial charge in [-0.1, -0.05) is 23.7 Å². The monoisotopic (exact) mass is 319 g/mol. The maximum absolute atomic E-state index is 12.7. The molecule has 0 fully saturated rings. The third-order valence-electron chi connectivity index (χ3n) is 2.90. The van der Waals surface area contributed by atoms with Crippen molar-refractivity contribution >= 4 is 11.6 Å². The number of hydrogen-bond donors (Lipinski definition) is 1. The molecule has 8 heteroatoms. The second kappa shape index (κ2) is 5.81. The summed E-state index contributed by atoms with van der Waals surface area (Å²) in [6.07, 6.45) is -10.8. The Balaban J connectivity index is 3.30. The highest BCUT2D eigenvalue weighted by molar-refractivity contribution is 6.31. The summed E-state index contributed by atoms with van der Waals surface area (Å²) in [7, 11) is 1.04. The van der Waals surface area contributed by atoms with Crippen molar-refractivity contribution in [2.45, 2.75) is 25.3 Å². The second-order valence-corrected chi connectivity index (χ2v) is 4.74. The van der Waals surface area contributed by atoms with Crippen molar-refractivity contribution in [2.24, 2.45) is 5.92 Å². The summed E-state index contributed by atoms with van der Waals surface area (Å²) >= 11 is 5.76. The van der Waals surface area contributed by atoms with E-state index in [0.29, 0.717) is 5.56 Å². The minimum Gasteiger partial charge on any atom is -0.312 e. The molecule has 1 unspecified atom stereocenters. The van der Waals surface area contributed by atoms with Crippen LogP contribution in [0, 0.1) is 12.8 Å². The summed E-state index contributed by atoms with van der Waals surface area (Å²) in [5, 5.41) is 2.20.